The van der Waals surface area contributed by atoms with Gasteiger partial charge in [0.2, 0.25) is 15.9 Å². The van der Waals surface area contributed by atoms with Crippen LogP contribution < -0.4 is 5.32 Å². The van der Waals surface area contributed by atoms with E-state index in [4.69, 9.17) is 23.2 Å². The number of hydrogen-bond donors (Lipinski definition) is 1. The number of anilines is 1. The maximum Gasteiger partial charge on any atom is 0.243 e. The largest absolute Gasteiger partial charge is 0.323 e. The number of benzene rings is 3. The summed E-state index contributed by atoms with van der Waals surface area (Å²) in [5.41, 5.74) is 0.348. The van der Waals surface area contributed by atoms with Gasteiger partial charge in [-0.05, 0) is 47.9 Å². The molecule has 0 aromatic heterocycles. The summed E-state index contributed by atoms with van der Waals surface area (Å²) in [5.74, 6) is -0.773. The molecule has 0 aliphatic carbocycles. The number of piperidine rings is 1. The van der Waals surface area contributed by atoms with Gasteiger partial charge in [-0.25, -0.2) is 8.42 Å². The summed E-state index contributed by atoms with van der Waals surface area (Å²) in [5, 5.41) is 5.28. The van der Waals surface area contributed by atoms with Crippen molar-refractivity contribution in [2.24, 2.45) is 5.92 Å². The number of para-hydroxylation sites is 1. The highest BCUT2D eigenvalue weighted by Gasteiger charge is 2.33. The van der Waals surface area contributed by atoms with Gasteiger partial charge in [-0.1, -0.05) is 59.6 Å². The van der Waals surface area contributed by atoms with Crippen LogP contribution in [0.1, 0.15) is 12.8 Å². The zero-order chi connectivity index (χ0) is 21.3. The molecule has 3 aromatic rings. The Morgan fingerprint density at radius 2 is 1.67 bits per heavy atom. The minimum Gasteiger partial charge on any atom is -0.323 e. The van der Waals surface area contributed by atoms with Crippen molar-refractivity contribution in [1.82, 2.24) is 4.31 Å². The van der Waals surface area contributed by atoms with Gasteiger partial charge in [0, 0.05) is 13.1 Å². The van der Waals surface area contributed by atoms with Crippen molar-refractivity contribution in [3.05, 3.63) is 70.7 Å². The quantitative estimate of drug-likeness (QED) is 0.580. The first kappa shape index (κ1) is 21.1. The first-order chi connectivity index (χ1) is 14.4. The molecule has 5 nitrogen and oxygen atoms in total. The molecule has 1 heterocycles. The fraction of sp³-hybridized carbons (Fsp3) is 0.227. The third kappa shape index (κ3) is 4.18. The third-order valence-corrected chi connectivity index (χ3v) is 7.82. The molecular weight excluding hydrogens is 443 g/mol. The van der Waals surface area contributed by atoms with E-state index in [0.717, 1.165) is 10.8 Å². The normalized spacial score (nSPS) is 17.7. The highest BCUT2D eigenvalue weighted by Crippen LogP contribution is 2.32. The number of rotatable bonds is 4. The predicted molar refractivity (Wildman–Crippen MR) is 121 cm³/mol. The van der Waals surface area contributed by atoms with Crippen molar-refractivity contribution >= 4 is 55.6 Å². The third-order valence-electron chi connectivity index (χ3n) is 5.32. The van der Waals surface area contributed by atoms with E-state index in [1.54, 1.807) is 36.4 Å². The summed E-state index contributed by atoms with van der Waals surface area (Å²) in [6.45, 7) is 0.495. The Morgan fingerprint density at radius 3 is 2.40 bits per heavy atom. The molecule has 1 aliphatic rings. The Bertz CT molecular complexity index is 1190. The van der Waals surface area contributed by atoms with Gasteiger partial charge in [-0.15, -0.1) is 0 Å². The predicted octanol–water partition coefficient (Wildman–Crippen LogP) is 5.19. The average molecular weight is 463 g/mol. The molecule has 0 spiro atoms. The van der Waals surface area contributed by atoms with Gasteiger partial charge in [0.1, 0.15) is 0 Å². The van der Waals surface area contributed by atoms with Crippen LogP contribution in [0.4, 0.5) is 5.69 Å². The van der Waals surface area contributed by atoms with Crippen LogP contribution in [0.25, 0.3) is 10.8 Å². The zero-order valence-electron chi connectivity index (χ0n) is 16.0. The van der Waals surface area contributed by atoms with Crippen LogP contribution in [0, 0.1) is 5.92 Å². The fourth-order valence-electron chi connectivity index (χ4n) is 3.69. The molecule has 1 unspecified atom stereocenters. The number of nitrogens with zero attached hydrogens (tertiary/aromatic N) is 1. The summed E-state index contributed by atoms with van der Waals surface area (Å²) in [6.07, 6.45) is 1.19. The van der Waals surface area contributed by atoms with E-state index < -0.39 is 15.9 Å². The van der Waals surface area contributed by atoms with Crippen molar-refractivity contribution in [1.29, 1.82) is 0 Å². The van der Waals surface area contributed by atoms with Crippen LogP contribution >= 0.6 is 23.2 Å². The second-order valence-corrected chi connectivity index (χ2v) is 10.0. The number of hydrogen-bond acceptors (Lipinski definition) is 3. The molecule has 1 saturated heterocycles. The highest BCUT2D eigenvalue weighted by molar-refractivity contribution is 7.89. The lowest BCUT2D eigenvalue weighted by atomic mass is 9.98. The number of fused-ring (bicyclic) bond motifs is 1. The molecule has 3 aromatic carbocycles. The number of nitrogens with one attached hydrogen (secondary N) is 1. The van der Waals surface area contributed by atoms with E-state index in [9.17, 15) is 13.2 Å². The topological polar surface area (TPSA) is 66.5 Å². The zero-order valence-corrected chi connectivity index (χ0v) is 18.3. The molecule has 0 radical (unpaired) electrons. The molecule has 1 fully saturated rings. The summed E-state index contributed by atoms with van der Waals surface area (Å²) >= 11 is 12.3. The summed E-state index contributed by atoms with van der Waals surface area (Å²) < 4.78 is 27.8. The van der Waals surface area contributed by atoms with Gasteiger partial charge in [0.15, 0.2) is 0 Å². The van der Waals surface area contributed by atoms with Crippen molar-refractivity contribution in [2.75, 3.05) is 18.4 Å². The second-order valence-electron chi connectivity index (χ2n) is 7.30. The molecule has 30 heavy (non-hydrogen) atoms. The van der Waals surface area contributed by atoms with Gasteiger partial charge in [-0.3, -0.25) is 4.79 Å². The minimum absolute atomic E-state index is 0.114. The van der Waals surface area contributed by atoms with Crippen molar-refractivity contribution in [2.45, 2.75) is 17.7 Å². The SMILES string of the molecule is O=C(Nc1c(Cl)cccc1Cl)C1CCCN(S(=O)(=O)c2ccc3ccccc3c2)C1. The number of carbonyl (C=O) groups excluding carboxylic acids is 1. The Balaban J connectivity index is 1.54. The van der Waals surface area contributed by atoms with Gasteiger partial charge in [0.05, 0.1) is 26.5 Å². The van der Waals surface area contributed by atoms with Crippen LogP contribution in [0.3, 0.4) is 0 Å². The number of carbonyl (C=O) groups is 1. The monoisotopic (exact) mass is 462 g/mol. The molecule has 1 atom stereocenters. The Kier molecular flexibility index (Phi) is 6.02. The van der Waals surface area contributed by atoms with Gasteiger partial charge < -0.3 is 5.32 Å². The first-order valence-corrected chi connectivity index (χ1v) is 11.8. The van der Waals surface area contributed by atoms with Crippen LogP contribution in [0.2, 0.25) is 10.0 Å². The van der Waals surface area contributed by atoms with Crippen molar-refractivity contribution in [3.63, 3.8) is 0 Å². The fourth-order valence-corrected chi connectivity index (χ4v) is 5.75. The summed E-state index contributed by atoms with van der Waals surface area (Å²) in [6, 6.07) is 17.7. The van der Waals surface area contributed by atoms with Crippen molar-refractivity contribution < 1.29 is 13.2 Å². The van der Waals surface area contributed by atoms with E-state index >= 15 is 0 Å². The number of amides is 1. The molecule has 1 aliphatic heterocycles. The summed E-state index contributed by atoms with van der Waals surface area (Å²) in [4.78, 5) is 13.0. The van der Waals surface area contributed by atoms with E-state index in [1.165, 1.54) is 4.31 Å². The van der Waals surface area contributed by atoms with E-state index in [0.29, 0.717) is 35.1 Å². The summed E-state index contributed by atoms with van der Waals surface area (Å²) in [7, 11) is -3.71. The smallest absolute Gasteiger partial charge is 0.243 e. The van der Waals surface area contributed by atoms with Crippen LogP contribution in [-0.2, 0) is 14.8 Å². The number of halogens is 2. The van der Waals surface area contributed by atoms with E-state index in [1.807, 2.05) is 24.3 Å². The van der Waals surface area contributed by atoms with E-state index in [2.05, 4.69) is 5.32 Å². The second kappa shape index (κ2) is 8.55. The average Bonchev–Trinajstić information content (AvgIpc) is 2.76. The lowest BCUT2D eigenvalue weighted by Gasteiger charge is -2.31. The Labute approximate surface area is 185 Å². The molecule has 0 saturated carbocycles. The van der Waals surface area contributed by atoms with E-state index in [-0.39, 0.29) is 17.3 Å². The van der Waals surface area contributed by atoms with Gasteiger partial charge in [0.25, 0.3) is 0 Å². The standard InChI is InChI=1S/C22H20Cl2N2O3S/c23-19-8-3-9-20(24)21(19)25-22(27)17-7-4-12-26(14-17)30(28,29)18-11-10-15-5-1-2-6-16(15)13-18/h1-3,5-6,8-11,13,17H,4,7,12,14H2,(H,25,27). The van der Waals surface area contributed by atoms with Gasteiger partial charge >= 0.3 is 0 Å². The van der Waals surface area contributed by atoms with Gasteiger partial charge in [-0.2, -0.15) is 4.31 Å². The highest BCUT2D eigenvalue weighted by atomic mass is 35.5. The molecule has 8 heteroatoms. The van der Waals surface area contributed by atoms with Crippen LogP contribution in [-0.4, -0.2) is 31.7 Å². The first-order valence-electron chi connectivity index (χ1n) is 9.60. The molecule has 0 bridgehead atoms. The lowest BCUT2D eigenvalue weighted by Crippen LogP contribution is -2.43. The molecule has 4 rings (SSSR count). The Morgan fingerprint density at radius 1 is 0.967 bits per heavy atom. The number of sulfonamides is 1. The molecular formula is C22H20Cl2N2O3S. The maximum atomic E-state index is 13.2. The lowest BCUT2D eigenvalue weighted by molar-refractivity contribution is -0.120. The minimum atomic E-state index is -3.71. The van der Waals surface area contributed by atoms with Crippen molar-refractivity contribution in [3.8, 4) is 0 Å². The van der Waals surface area contributed by atoms with Crippen LogP contribution in [0.5, 0.6) is 0 Å². The van der Waals surface area contributed by atoms with Crippen LogP contribution in [0.15, 0.2) is 65.6 Å². The Hall–Kier alpha value is -2.12. The maximum absolute atomic E-state index is 13.2. The molecule has 156 valence electrons. The molecule has 1 N–H and O–H groups in total. The molecule has 1 amide bonds.